The van der Waals surface area contributed by atoms with Gasteiger partial charge in [-0.25, -0.2) is 4.84 Å². The molecule has 1 heterocycles. The maximum absolute atomic E-state index is 11.9. The van der Waals surface area contributed by atoms with Crippen molar-refractivity contribution in [3.05, 3.63) is 34.9 Å². The maximum Gasteiger partial charge on any atom is 0.281 e. The second-order valence-electron chi connectivity index (χ2n) is 3.70. The van der Waals surface area contributed by atoms with Crippen molar-refractivity contribution in [2.24, 2.45) is 0 Å². The van der Waals surface area contributed by atoms with Gasteiger partial charge in [0.25, 0.3) is 5.91 Å². The summed E-state index contributed by atoms with van der Waals surface area (Å²) in [7, 11) is 0. The Morgan fingerprint density at radius 3 is 2.73 bits per heavy atom. The lowest BCUT2D eigenvalue weighted by Crippen LogP contribution is -2.20. The van der Waals surface area contributed by atoms with E-state index in [1.54, 1.807) is 24.3 Å². The number of hydroxylamine groups is 2. The summed E-state index contributed by atoms with van der Waals surface area (Å²) in [5.74, 6) is -0.176. The van der Waals surface area contributed by atoms with E-state index in [1.165, 1.54) is 5.06 Å². The van der Waals surface area contributed by atoms with Crippen molar-refractivity contribution in [1.29, 1.82) is 0 Å². The number of carbonyl (C=O) groups excluding carboxylic acids is 1. The highest BCUT2D eigenvalue weighted by Gasteiger charge is 2.53. The van der Waals surface area contributed by atoms with E-state index < -0.39 is 5.72 Å². The van der Waals surface area contributed by atoms with Crippen molar-refractivity contribution in [2.45, 2.75) is 26.0 Å². The molecule has 0 bridgehead atoms. The van der Waals surface area contributed by atoms with Gasteiger partial charge in [0.2, 0.25) is 0 Å². The number of nitrogens with zero attached hydrogens (tertiary/aromatic N) is 1. The molecule has 0 aliphatic carbocycles. The molecular formula is C11H12ClNO2. The largest absolute Gasteiger partial charge is 0.281 e. The monoisotopic (exact) mass is 225 g/mol. The molecule has 0 N–H and O–H groups in total. The Morgan fingerprint density at radius 2 is 2.20 bits per heavy atom. The highest BCUT2D eigenvalue weighted by Crippen LogP contribution is 2.39. The topological polar surface area (TPSA) is 32.6 Å². The summed E-state index contributed by atoms with van der Waals surface area (Å²) in [6, 6.07) is 6.97. The Labute approximate surface area is 93.5 Å². The highest BCUT2D eigenvalue weighted by molar-refractivity contribution is 6.33. The quantitative estimate of drug-likeness (QED) is 0.725. The molecule has 1 aliphatic heterocycles. The predicted octanol–water partition coefficient (Wildman–Crippen LogP) is 2.85. The fourth-order valence-corrected chi connectivity index (χ4v) is 1.60. The Morgan fingerprint density at radius 1 is 1.53 bits per heavy atom. The highest BCUT2D eigenvalue weighted by atomic mass is 35.5. The molecule has 1 amide bonds. The third kappa shape index (κ3) is 1.73. The van der Waals surface area contributed by atoms with Crippen LogP contribution in [0.1, 0.15) is 30.6 Å². The number of hydrogen-bond donors (Lipinski definition) is 0. The number of benzene rings is 1. The van der Waals surface area contributed by atoms with Gasteiger partial charge < -0.3 is 0 Å². The van der Waals surface area contributed by atoms with Crippen molar-refractivity contribution in [3.8, 4) is 0 Å². The molecule has 0 aromatic heterocycles. The first kappa shape index (κ1) is 10.5. The summed E-state index contributed by atoms with van der Waals surface area (Å²) in [5, 5.41) is 1.82. The minimum Gasteiger partial charge on any atom is -0.267 e. The molecule has 4 heteroatoms. The molecule has 1 saturated heterocycles. The zero-order valence-electron chi connectivity index (χ0n) is 8.66. The fourth-order valence-electron chi connectivity index (χ4n) is 1.38. The molecule has 1 fully saturated rings. The van der Waals surface area contributed by atoms with Crippen LogP contribution < -0.4 is 0 Å². The zero-order valence-corrected chi connectivity index (χ0v) is 9.41. The van der Waals surface area contributed by atoms with E-state index in [0.29, 0.717) is 10.6 Å². The van der Waals surface area contributed by atoms with Gasteiger partial charge in [-0.1, -0.05) is 30.7 Å². The molecule has 80 valence electrons. The van der Waals surface area contributed by atoms with E-state index in [2.05, 4.69) is 0 Å². The first-order valence-corrected chi connectivity index (χ1v) is 5.24. The lowest BCUT2D eigenvalue weighted by atomic mass is 10.2. The maximum atomic E-state index is 11.9. The van der Waals surface area contributed by atoms with Gasteiger partial charge in [-0.05, 0) is 25.5 Å². The molecule has 0 saturated carbocycles. The van der Waals surface area contributed by atoms with Crippen LogP contribution in [0.2, 0.25) is 5.02 Å². The molecule has 1 unspecified atom stereocenters. The molecule has 2 rings (SSSR count). The van der Waals surface area contributed by atoms with Gasteiger partial charge in [-0.2, -0.15) is 5.06 Å². The van der Waals surface area contributed by atoms with Gasteiger partial charge in [0, 0.05) is 0 Å². The second-order valence-corrected chi connectivity index (χ2v) is 4.11. The normalized spacial score (nSPS) is 24.1. The number of carbonyl (C=O) groups is 1. The van der Waals surface area contributed by atoms with Crippen molar-refractivity contribution in [2.75, 3.05) is 0 Å². The third-order valence-electron chi connectivity index (χ3n) is 2.63. The first-order valence-electron chi connectivity index (χ1n) is 4.87. The van der Waals surface area contributed by atoms with E-state index in [0.717, 1.165) is 6.42 Å². The molecule has 1 aliphatic rings. The molecule has 1 aromatic carbocycles. The van der Waals surface area contributed by atoms with Crippen LogP contribution in [0.5, 0.6) is 0 Å². The van der Waals surface area contributed by atoms with E-state index >= 15 is 0 Å². The van der Waals surface area contributed by atoms with Crippen molar-refractivity contribution in [3.63, 3.8) is 0 Å². The standard InChI is InChI=1S/C11H12ClNO2/c1-3-11(2)13(15-11)10(14)8-6-4-5-7-9(8)12/h4-7H,3H2,1-2H3. The lowest BCUT2D eigenvalue weighted by Gasteiger charge is -2.04. The molecular weight excluding hydrogens is 214 g/mol. The average molecular weight is 226 g/mol. The van der Waals surface area contributed by atoms with Gasteiger partial charge in [-0.3, -0.25) is 4.79 Å². The molecule has 1 atom stereocenters. The van der Waals surface area contributed by atoms with E-state index in [4.69, 9.17) is 16.4 Å². The summed E-state index contributed by atoms with van der Waals surface area (Å²) in [6.07, 6.45) is 0.767. The SMILES string of the molecule is CCC1(C)ON1C(=O)c1ccccc1Cl. The second kappa shape index (κ2) is 3.51. The minimum absolute atomic E-state index is 0.176. The van der Waals surface area contributed by atoms with Crippen molar-refractivity contribution < 1.29 is 9.63 Å². The van der Waals surface area contributed by atoms with E-state index in [-0.39, 0.29) is 5.91 Å². The van der Waals surface area contributed by atoms with Crippen LogP contribution in [0.3, 0.4) is 0 Å². The van der Waals surface area contributed by atoms with Gasteiger partial charge >= 0.3 is 0 Å². The van der Waals surface area contributed by atoms with E-state index in [1.807, 2.05) is 13.8 Å². The molecule has 0 spiro atoms. The summed E-state index contributed by atoms with van der Waals surface area (Å²) in [4.78, 5) is 17.2. The van der Waals surface area contributed by atoms with Crippen LogP contribution in [0.4, 0.5) is 0 Å². The number of amides is 1. The first-order chi connectivity index (χ1) is 7.08. The summed E-state index contributed by atoms with van der Waals surface area (Å²) < 4.78 is 0. The van der Waals surface area contributed by atoms with Crippen LogP contribution in [-0.4, -0.2) is 16.7 Å². The van der Waals surface area contributed by atoms with Gasteiger partial charge in [0.15, 0.2) is 5.72 Å². The Hall–Kier alpha value is -1.06. The Kier molecular flexibility index (Phi) is 2.44. The van der Waals surface area contributed by atoms with Gasteiger partial charge in [0.05, 0.1) is 10.6 Å². The van der Waals surface area contributed by atoms with Crippen LogP contribution in [-0.2, 0) is 4.84 Å². The number of halogens is 1. The van der Waals surface area contributed by atoms with Crippen molar-refractivity contribution >= 4 is 17.5 Å². The molecule has 0 radical (unpaired) electrons. The fraction of sp³-hybridized carbons (Fsp3) is 0.364. The third-order valence-corrected chi connectivity index (χ3v) is 2.96. The van der Waals surface area contributed by atoms with Crippen LogP contribution in [0.25, 0.3) is 0 Å². The molecule has 15 heavy (non-hydrogen) atoms. The average Bonchev–Trinajstić information content (AvgIpc) is 2.92. The van der Waals surface area contributed by atoms with Gasteiger partial charge in [0.1, 0.15) is 0 Å². The van der Waals surface area contributed by atoms with E-state index in [9.17, 15) is 4.79 Å². The number of rotatable bonds is 2. The van der Waals surface area contributed by atoms with Gasteiger partial charge in [-0.15, -0.1) is 0 Å². The summed E-state index contributed by atoms with van der Waals surface area (Å²) in [5.41, 5.74) is 0.0346. The minimum atomic E-state index is -0.448. The Bertz CT molecular complexity index is 407. The van der Waals surface area contributed by atoms with Crippen LogP contribution >= 0.6 is 11.6 Å². The smallest absolute Gasteiger partial charge is 0.267 e. The molecule has 1 aromatic rings. The lowest BCUT2D eigenvalue weighted by molar-refractivity contribution is 0.0712. The summed E-state index contributed by atoms with van der Waals surface area (Å²) >= 11 is 5.92. The zero-order chi connectivity index (χ0) is 11.1. The molecule has 3 nitrogen and oxygen atoms in total. The van der Waals surface area contributed by atoms with Crippen LogP contribution in [0.15, 0.2) is 24.3 Å². The predicted molar refractivity (Wildman–Crippen MR) is 57.4 cm³/mol. The van der Waals surface area contributed by atoms with Crippen molar-refractivity contribution in [1.82, 2.24) is 5.06 Å². The Balaban J connectivity index is 2.21. The number of hydrogen-bond acceptors (Lipinski definition) is 2. The summed E-state index contributed by atoms with van der Waals surface area (Å²) in [6.45, 7) is 3.85. The van der Waals surface area contributed by atoms with Crippen LogP contribution in [0, 0.1) is 0 Å².